The first-order valence-electron chi connectivity index (χ1n) is 9.16. The van der Waals surface area contributed by atoms with Crippen molar-refractivity contribution in [2.45, 2.75) is 45.6 Å². The number of benzene rings is 1. The predicted octanol–water partition coefficient (Wildman–Crippen LogP) is 2.83. The highest BCUT2D eigenvalue weighted by Gasteiger charge is 2.19. The van der Waals surface area contributed by atoms with Crippen LogP contribution in [0.4, 0.5) is 16.2 Å². The van der Waals surface area contributed by atoms with Crippen LogP contribution in [0, 0.1) is 0 Å². The zero-order valence-corrected chi connectivity index (χ0v) is 15.9. The highest BCUT2D eigenvalue weighted by atomic mass is 16.6. The van der Waals surface area contributed by atoms with E-state index < -0.39 is 11.7 Å². The van der Waals surface area contributed by atoms with Crippen molar-refractivity contribution < 1.29 is 14.3 Å². The van der Waals surface area contributed by atoms with E-state index in [4.69, 9.17) is 10.5 Å². The van der Waals surface area contributed by atoms with Crippen LogP contribution < -0.4 is 16.4 Å². The molecule has 1 aromatic carbocycles. The van der Waals surface area contributed by atoms with Gasteiger partial charge in [0, 0.05) is 31.7 Å². The molecule has 2 rings (SSSR count). The molecule has 1 aromatic rings. The molecule has 1 fully saturated rings. The van der Waals surface area contributed by atoms with Gasteiger partial charge in [0.2, 0.25) is 0 Å². The fourth-order valence-electron chi connectivity index (χ4n) is 2.81. The van der Waals surface area contributed by atoms with Gasteiger partial charge in [-0.1, -0.05) is 0 Å². The maximum absolute atomic E-state index is 12.5. The van der Waals surface area contributed by atoms with Crippen molar-refractivity contribution in [3.63, 3.8) is 0 Å². The zero-order valence-electron chi connectivity index (χ0n) is 15.9. The topological polar surface area (TPSA) is 96.7 Å². The second kappa shape index (κ2) is 8.78. The molecule has 0 aromatic heterocycles. The Hall–Kier alpha value is -2.44. The molecule has 0 saturated carbocycles. The molecule has 1 heterocycles. The molecule has 0 spiro atoms. The van der Waals surface area contributed by atoms with Crippen LogP contribution >= 0.6 is 0 Å². The van der Waals surface area contributed by atoms with Crippen molar-refractivity contribution in [1.82, 2.24) is 10.2 Å². The molecule has 4 N–H and O–H groups in total. The van der Waals surface area contributed by atoms with Crippen LogP contribution in [0.3, 0.4) is 0 Å². The van der Waals surface area contributed by atoms with Gasteiger partial charge in [-0.15, -0.1) is 0 Å². The molecular formula is C19H30N4O3. The van der Waals surface area contributed by atoms with Crippen molar-refractivity contribution in [1.29, 1.82) is 0 Å². The van der Waals surface area contributed by atoms with Gasteiger partial charge >= 0.3 is 6.09 Å². The van der Waals surface area contributed by atoms with Gasteiger partial charge in [0.05, 0.1) is 11.4 Å². The molecule has 7 nitrogen and oxygen atoms in total. The smallest absolute Gasteiger partial charge is 0.407 e. The van der Waals surface area contributed by atoms with Gasteiger partial charge in [0.1, 0.15) is 5.60 Å². The molecule has 144 valence electrons. The Morgan fingerprint density at radius 2 is 1.85 bits per heavy atom. The van der Waals surface area contributed by atoms with Crippen molar-refractivity contribution in [3.05, 3.63) is 23.8 Å². The number of nitrogens with one attached hydrogen (secondary N) is 2. The Morgan fingerprint density at radius 1 is 1.15 bits per heavy atom. The number of anilines is 2. The number of nitrogen functional groups attached to an aromatic ring is 1. The normalized spacial score (nSPS) is 14.7. The quantitative estimate of drug-likeness (QED) is 0.553. The van der Waals surface area contributed by atoms with Crippen LogP contribution in [0.25, 0.3) is 0 Å². The first kappa shape index (κ1) is 19.9. The summed E-state index contributed by atoms with van der Waals surface area (Å²) in [5.74, 6) is 0.0366. The van der Waals surface area contributed by atoms with E-state index in [0.29, 0.717) is 24.3 Å². The minimum Gasteiger partial charge on any atom is -0.444 e. The fraction of sp³-hybridized carbons (Fsp3) is 0.579. The Bertz CT molecular complexity index is 634. The van der Waals surface area contributed by atoms with Crippen LogP contribution in [0.2, 0.25) is 0 Å². The average molecular weight is 362 g/mol. The third kappa shape index (κ3) is 6.13. The standard InChI is InChI=1S/C19H30N4O3/c1-19(2,3)26-18(25)22-10-9-21-16-8-7-14(13-15(16)20)17(24)23-11-5-4-6-12-23/h7-8,13,21H,4-6,9-12,20H2,1-3H3,(H,22,25). The Balaban J connectivity index is 1.82. The summed E-state index contributed by atoms with van der Waals surface area (Å²) in [4.78, 5) is 26.0. The molecule has 0 bridgehead atoms. The zero-order chi connectivity index (χ0) is 19.2. The van der Waals surface area contributed by atoms with Gasteiger partial charge in [-0.05, 0) is 58.2 Å². The van der Waals surface area contributed by atoms with Gasteiger partial charge in [0.25, 0.3) is 5.91 Å². The lowest BCUT2D eigenvalue weighted by Gasteiger charge is -2.27. The number of rotatable bonds is 5. The van der Waals surface area contributed by atoms with E-state index in [0.717, 1.165) is 31.6 Å². The van der Waals surface area contributed by atoms with Crippen LogP contribution in [0.1, 0.15) is 50.4 Å². The van der Waals surface area contributed by atoms with Crippen molar-refractivity contribution in [3.8, 4) is 0 Å². The number of ether oxygens (including phenoxy) is 1. The third-order valence-electron chi connectivity index (χ3n) is 4.05. The maximum atomic E-state index is 12.5. The molecule has 0 radical (unpaired) electrons. The number of alkyl carbamates (subject to hydrolysis) is 1. The summed E-state index contributed by atoms with van der Waals surface area (Å²) >= 11 is 0. The number of piperidine rings is 1. The number of nitrogens with zero attached hydrogens (tertiary/aromatic N) is 1. The van der Waals surface area contributed by atoms with Crippen molar-refractivity contribution >= 4 is 23.4 Å². The Kier molecular flexibility index (Phi) is 6.71. The van der Waals surface area contributed by atoms with Gasteiger partial charge < -0.3 is 26.0 Å². The van der Waals surface area contributed by atoms with Crippen LogP contribution in [-0.4, -0.2) is 48.7 Å². The molecular weight excluding hydrogens is 332 g/mol. The summed E-state index contributed by atoms with van der Waals surface area (Å²) < 4.78 is 5.17. The largest absolute Gasteiger partial charge is 0.444 e. The molecule has 0 atom stereocenters. The van der Waals surface area contributed by atoms with Crippen LogP contribution in [-0.2, 0) is 4.74 Å². The summed E-state index contributed by atoms with van der Waals surface area (Å²) in [6.07, 6.45) is 2.86. The predicted molar refractivity (Wildman–Crippen MR) is 103 cm³/mol. The van der Waals surface area contributed by atoms with Crippen molar-refractivity contribution in [2.24, 2.45) is 0 Å². The minimum absolute atomic E-state index is 0.0366. The third-order valence-corrected chi connectivity index (χ3v) is 4.05. The molecule has 0 unspecified atom stereocenters. The number of carbonyl (C=O) groups excluding carboxylic acids is 2. The van der Waals surface area contributed by atoms with Crippen LogP contribution in [0.5, 0.6) is 0 Å². The highest BCUT2D eigenvalue weighted by molar-refractivity contribution is 5.96. The number of amides is 2. The molecule has 26 heavy (non-hydrogen) atoms. The van der Waals surface area contributed by atoms with Gasteiger partial charge in [-0.2, -0.15) is 0 Å². The summed E-state index contributed by atoms with van der Waals surface area (Å²) in [6.45, 7) is 7.99. The van der Waals surface area contributed by atoms with E-state index in [-0.39, 0.29) is 5.91 Å². The number of hydrogen-bond acceptors (Lipinski definition) is 5. The fourth-order valence-corrected chi connectivity index (χ4v) is 2.81. The number of carbonyl (C=O) groups is 2. The SMILES string of the molecule is CC(C)(C)OC(=O)NCCNc1ccc(C(=O)N2CCCCC2)cc1N. The summed E-state index contributed by atoms with van der Waals surface area (Å²) in [5, 5.41) is 5.83. The van der Waals surface area contributed by atoms with E-state index in [1.54, 1.807) is 18.2 Å². The lowest BCUT2D eigenvalue weighted by Crippen LogP contribution is -2.35. The maximum Gasteiger partial charge on any atom is 0.407 e. The second-order valence-electron chi connectivity index (χ2n) is 7.51. The number of likely N-dealkylation sites (tertiary alicyclic amines) is 1. The lowest BCUT2D eigenvalue weighted by molar-refractivity contribution is 0.0529. The molecule has 1 saturated heterocycles. The monoisotopic (exact) mass is 362 g/mol. The van der Waals surface area contributed by atoms with Crippen molar-refractivity contribution in [2.75, 3.05) is 37.2 Å². The van der Waals surface area contributed by atoms with Gasteiger partial charge in [-0.3, -0.25) is 4.79 Å². The van der Waals surface area contributed by atoms with E-state index in [2.05, 4.69) is 10.6 Å². The van der Waals surface area contributed by atoms with E-state index >= 15 is 0 Å². The summed E-state index contributed by atoms with van der Waals surface area (Å²) in [5.41, 5.74) is 7.43. The van der Waals surface area contributed by atoms with E-state index in [1.165, 1.54) is 6.42 Å². The first-order valence-corrected chi connectivity index (χ1v) is 9.16. The molecule has 2 amide bonds. The van der Waals surface area contributed by atoms with E-state index in [9.17, 15) is 9.59 Å². The van der Waals surface area contributed by atoms with Crippen LogP contribution in [0.15, 0.2) is 18.2 Å². The van der Waals surface area contributed by atoms with Gasteiger partial charge in [-0.25, -0.2) is 4.79 Å². The minimum atomic E-state index is -0.515. The second-order valence-corrected chi connectivity index (χ2v) is 7.51. The lowest BCUT2D eigenvalue weighted by atomic mass is 10.1. The Labute approximate surface area is 155 Å². The number of nitrogens with two attached hydrogens (primary N) is 1. The average Bonchev–Trinajstić information content (AvgIpc) is 2.58. The number of hydrogen-bond donors (Lipinski definition) is 3. The Morgan fingerprint density at radius 3 is 2.46 bits per heavy atom. The summed E-state index contributed by atoms with van der Waals surface area (Å²) in [6, 6.07) is 5.30. The van der Waals surface area contributed by atoms with E-state index in [1.807, 2.05) is 25.7 Å². The summed E-state index contributed by atoms with van der Waals surface area (Å²) in [7, 11) is 0. The molecule has 0 aliphatic carbocycles. The van der Waals surface area contributed by atoms with Gasteiger partial charge in [0.15, 0.2) is 0 Å². The molecule has 1 aliphatic heterocycles. The molecule has 1 aliphatic rings. The highest BCUT2D eigenvalue weighted by Crippen LogP contribution is 2.21. The molecule has 7 heteroatoms. The first-order chi connectivity index (χ1) is 12.3.